The van der Waals surface area contributed by atoms with Gasteiger partial charge in [-0.1, -0.05) is 30.3 Å². The lowest BCUT2D eigenvalue weighted by atomic mass is 9.66. The predicted molar refractivity (Wildman–Crippen MR) is 129 cm³/mol. The summed E-state index contributed by atoms with van der Waals surface area (Å²) in [5, 5.41) is 0. The summed E-state index contributed by atoms with van der Waals surface area (Å²) in [7, 11) is 0. The van der Waals surface area contributed by atoms with Crippen molar-refractivity contribution >= 4 is 11.6 Å². The van der Waals surface area contributed by atoms with Gasteiger partial charge in [0, 0.05) is 30.2 Å². The second-order valence-electron chi connectivity index (χ2n) is 11.0. The van der Waals surface area contributed by atoms with Crippen molar-refractivity contribution in [1.82, 2.24) is 0 Å². The SMILES string of the molecule is CC1(C)Cc2cc3c(cc2O1)OC(C)(C)CC31C(=O)N(Cc2ccc(F)cc2)c2ccccc21. The molecule has 0 saturated heterocycles. The quantitative estimate of drug-likeness (QED) is 0.479. The van der Waals surface area contributed by atoms with Crippen LogP contribution < -0.4 is 14.4 Å². The van der Waals surface area contributed by atoms with Crippen LogP contribution in [0.4, 0.5) is 10.1 Å². The van der Waals surface area contributed by atoms with E-state index in [9.17, 15) is 9.18 Å². The van der Waals surface area contributed by atoms with Crippen LogP contribution in [0.25, 0.3) is 0 Å². The van der Waals surface area contributed by atoms with Gasteiger partial charge in [0.05, 0.1) is 6.54 Å². The number of anilines is 1. The molecule has 1 amide bonds. The molecule has 3 aliphatic heterocycles. The zero-order chi connectivity index (χ0) is 23.9. The number of para-hydroxylation sites is 1. The number of benzene rings is 3. The molecule has 0 bridgehead atoms. The summed E-state index contributed by atoms with van der Waals surface area (Å²) in [6.45, 7) is 8.61. The Morgan fingerprint density at radius 1 is 0.882 bits per heavy atom. The Kier molecular flexibility index (Phi) is 4.27. The normalized spacial score (nSPS) is 23.2. The van der Waals surface area contributed by atoms with Gasteiger partial charge >= 0.3 is 0 Å². The Bertz CT molecular complexity index is 1330. The first-order valence-electron chi connectivity index (χ1n) is 11.8. The zero-order valence-electron chi connectivity index (χ0n) is 19.9. The molecule has 3 aromatic rings. The molecule has 0 fully saturated rings. The molecular weight excluding hydrogens is 429 g/mol. The van der Waals surface area contributed by atoms with Crippen molar-refractivity contribution in [3.63, 3.8) is 0 Å². The van der Waals surface area contributed by atoms with Gasteiger partial charge in [-0.2, -0.15) is 0 Å². The Hall–Kier alpha value is -3.34. The Morgan fingerprint density at radius 2 is 1.59 bits per heavy atom. The van der Waals surface area contributed by atoms with E-state index in [1.54, 1.807) is 12.1 Å². The van der Waals surface area contributed by atoms with E-state index in [1.165, 1.54) is 12.1 Å². The van der Waals surface area contributed by atoms with E-state index in [2.05, 4.69) is 26.0 Å². The average Bonchev–Trinajstić information content (AvgIpc) is 3.19. The number of fused-ring (bicyclic) bond motifs is 5. The van der Waals surface area contributed by atoms with E-state index < -0.39 is 11.0 Å². The smallest absolute Gasteiger partial charge is 0.242 e. The van der Waals surface area contributed by atoms with Crippen LogP contribution in [0.5, 0.6) is 11.5 Å². The highest BCUT2D eigenvalue weighted by Crippen LogP contribution is 2.57. The fraction of sp³-hybridized carbons (Fsp3) is 0.345. The van der Waals surface area contributed by atoms with E-state index in [0.29, 0.717) is 18.7 Å². The maximum absolute atomic E-state index is 14.5. The highest BCUT2D eigenvalue weighted by Gasteiger charge is 2.58. The fourth-order valence-electron chi connectivity index (χ4n) is 6.00. The first kappa shape index (κ1) is 21.2. The van der Waals surface area contributed by atoms with Gasteiger partial charge in [0.2, 0.25) is 5.91 Å². The number of carbonyl (C=O) groups excluding carboxylic acids is 1. The van der Waals surface area contributed by atoms with Crippen molar-refractivity contribution in [2.45, 2.75) is 63.7 Å². The Balaban J connectivity index is 1.54. The molecule has 1 atom stereocenters. The molecule has 3 aromatic carbocycles. The van der Waals surface area contributed by atoms with Crippen molar-refractivity contribution in [3.8, 4) is 11.5 Å². The third kappa shape index (κ3) is 3.06. The van der Waals surface area contributed by atoms with Crippen LogP contribution in [0.15, 0.2) is 60.7 Å². The first-order valence-corrected chi connectivity index (χ1v) is 11.8. The number of ether oxygens (including phenoxy) is 2. The summed E-state index contributed by atoms with van der Waals surface area (Å²) in [6, 6.07) is 18.5. The summed E-state index contributed by atoms with van der Waals surface area (Å²) >= 11 is 0. The zero-order valence-corrected chi connectivity index (χ0v) is 19.9. The first-order chi connectivity index (χ1) is 16.1. The lowest BCUT2D eigenvalue weighted by molar-refractivity contribution is -0.124. The molecule has 0 N–H and O–H groups in total. The van der Waals surface area contributed by atoms with E-state index in [1.807, 2.05) is 43.0 Å². The molecule has 0 aromatic heterocycles. The molecule has 5 heteroatoms. The molecule has 174 valence electrons. The van der Waals surface area contributed by atoms with Gasteiger partial charge in [0.15, 0.2) is 0 Å². The summed E-state index contributed by atoms with van der Waals surface area (Å²) in [5.74, 6) is 1.29. The second-order valence-corrected chi connectivity index (χ2v) is 11.0. The van der Waals surface area contributed by atoms with Gasteiger partial charge in [-0.3, -0.25) is 4.79 Å². The van der Waals surface area contributed by atoms with Gasteiger partial charge in [-0.05, 0) is 68.7 Å². The van der Waals surface area contributed by atoms with Gasteiger partial charge in [0.1, 0.15) is 33.9 Å². The summed E-state index contributed by atoms with van der Waals surface area (Å²) in [5.41, 5.74) is 3.10. The minimum Gasteiger partial charge on any atom is -0.487 e. The van der Waals surface area contributed by atoms with Crippen LogP contribution in [-0.2, 0) is 23.2 Å². The van der Waals surface area contributed by atoms with Crippen LogP contribution >= 0.6 is 0 Å². The van der Waals surface area contributed by atoms with Gasteiger partial charge < -0.3 is 14.4 Å². The number of hydrogen-bond donors (Lipinski definition) is 0. The van der Waals surface area contributed by atoms with Crippen LogP contribution in [0.1, 0.15) is 56.4 Å². The summed E-state index contributed by atoms with van der Waals surface area (Å²) in [6.07, 6.45) is 1.32. The molecule has 0 radical (unpaired) electrons. The van der Waals surface area contributed by atoms with E-state index >= 15 is 0 Å². The average molecular weight is 458 g/mol. The molecule has 1 spiro atoms. The number of halogens is 1. The highest BCUT2D eigenvalue weighted by molar-refractivity contribution is 6.11. The fourth-order valence-corrected chi connectivity index (χ4v) is 6.00. The number of amides is 1. The minimum atomic E-state index is -0.852. The van der Waals surface area contributed by atoms with Gasteiger partial charge in [-0.25, -0.2) is 4.39 Å². The molecular formula is C29H28FNO3. The predicted octanol–water partition coefficient (Wildman–Crippen LogP) is 5.93. The van der Waals surface area contributed by atoms with Crippen LogP contribution in [0.2, 0.25) is 0 Å². The van der Waals surface area contributed by atoms with E-state index in [0.717, 1.165) is 40.1 Å². The largest absolute Gasteiger partial charge is 0.487 e. The number of hydrogen-bond acceptors (Lipinski definition) is 3. The van der Waals surface area contributed by atoms with E-state index in [-0.39, 0.29) is 17.3 Å². The summed E-state index contributed by atoms with van der Waals surface area (Å²) in [4.78, 5) is 16.3. The maximum Gasteiger partial charge on any atom is 0.242 e. The third-order valence-corrected chi connectivity index (χ3v) is 7.22. The van der Waals surface area contributed by atoms with Crippen molar-refractivity contribution in [2.24, 2.45) is 0 Å². The van der Waals surface area contributed by atoms with Crippen molar-refractivity contribution in [3.05, 3.63) is 88.7 Å². The second kappa shape index (κ2) is 6.84. The molecule has 34 heavy (non-hydrogen) atoms. The Labute approximate surface area is 199 Å². The monoisotopic (exact) mass is 457 g/mol. The van der Waals surface area contributed by atoms with Crippen LogP contribution in [-0.4, -0.2) is 17.1 Å². The number of nitrogens with zero attached hydrogens (tertiary/aromatic N) is 1. The van der Waals surface area contributed by atoms with Crippen molar-refractivity contribution < 1.29 is 18.7 Å². The van der Waals surface area contributed by atoms with Crippen LogP contribution in [0, 0.1) is 5.82 Å². The third-order valence-electron chi connectivity index (χ3n) is 7.22. The molecule has 3 heterocycles. The molecule has 1 unspecified atom stereocenters. The Morgan fingerprint density at radius 3 is 2.35 bits per heavy atom. The number of carbonyl (C=O) groups is 1. The van der Waals surface area contributed by atoms with Gasteiger partial charge in [0.25, 0.3) is 0 Å². The lowest BCUT2D eigenvalue weighted by Gasteiger charge is -2.43. The van der Waals surface area contributed by atoms with E-state index in [4.69, 9.17) is 9.47 Å². The molecule has 3 aliphatic rings. The van der Waals surface area contributed by atoms with Gasteiger partial charge in [-0.15, -0.1) is 0 Å². The lowest BCUT2D eigenvalue weighted by Crippen LogP contribution is -2.50. The topological polar surface area (TPSA) is 38.8 Å². The number of rotatable bonds is 2. The van der Waals surface area contributed by atoms with Crippen molar-refractivity contribution in [2.75, 3.05) is 4.90 Å². The standard InChI is InChI=1S/C29H28FNO3/c1-27(2)15-19-13-22-25(14-24(19)33-27)34-28(3,4)17-29(22)21-7-5-6-8-23(21)31(26(29)32)16-18-9-11-20(30)12-10-18/h5-14H,15-17H2,1-4H3. The molecule has 0 aliphatic carbocycles. The maximum atomic E-state index is 14.5. The summed E-state index contributed by atoms with van der Waals surface area (Å²) < 4.78 is 26.1. The molecule has 0 saturated carbocycles. The minimum absolute atomic E-state index is 0.0359. The van der Waals surface area contributed by atoms with Crippen molar-refractivity contribution in [1.29, 1.82) is 0 Å². The molecule has 4 nitrogen and oxygen atoms in total. The molecule has 6 rings (SSSR count). The van der Waals surface area contributed by atoms with Crippen LogP contribution in [0.3, 0.4) is 0 Å². The highest BCUT2D eigenvalue weighted by atomic mass is 19.1.